The maximum Gasteiger partial charge on any atom is 0.336 e. The van der Waals surface area contributed by atoms with Gasteiger partial charge in [-0.1, -0.05) is 25.3 Å². The van der Waals surface area contributed by atoms with E-state index in [-0.39, 0.29) is 30.8 Å². The Balaban J connectivity index is 2.12. The van der Waals surface area contributed by atoms with Crippen molar-refractivity contribution in [3.8, 4) is 0 Å². The van der Waals surface area contributed by atoms with Gasteiger partial charge >= 0.3 is 11.9 Å². The van der Waals surface area contributed by atoms with Crippen LogP contribution in [0.2, 0.25) is 0 Å². The fourth-order valence-electron chi connectivity index (χ4n) is 2.93. The fraction of sp³-hybridized carbons (Fsp3) is 0.474. The molecule has 0 spiro atoms. The van der Waals surface area contributed by atoms with Gasteiger partial charge in [-0.25, -0.2) is 9.59 Å². The van der Waals surface area contributed by atoms with Gasteiger partial charge in [0.05, 0.1) is 18.8 Å². The minimum absolute atomic E-state index is 0.00570. The van der Waals surface area contributed by atoms with Crippen LogP contribution in [-0.2, 0) is 19.1 Å². The molecule has 1 aliphatic heterocycles. The number of fused-ring (bicyclic) bond motifs is 1. The van der Waals surface area contributed by atoms with E-state index in [0.29, 0.717) is 31.3 Å². The number of esters is 2. The molecule has 1 saturated heterocycles. The highest BCUT2D eigenvalue weighted by Gasteiger charge is 2.38. The van der Waals surface area contributed by atoms with Crippen molar-refractivity contribution in [2.24, 2.45) is 5.92 Å². The SMILES string of the molecule is C=C(CO)C(=O)OC/C1=C\C[C@H]2C(=C)C(=O)O[C@H]2C/C(CO)=C\CC1. The monoisotopic (exact) mass is 348 g/mol. The van der Waals surface area contributed by atoms with Crippen LogP contribution in [0.5, 0.6) is 0 Å². The van der Waals surface area contributed by atoms with Crippen LogP contribution in [0.25, 0.3) is 0 Å². The Labute approximate surface area is 147 Å². The Morgan fingerprint density at radius 3 is 2.76 bits per heavy atom. The van der Waals surface area contributed by atoms with Crippen LogP contribution in [-0.4, -0.2) is 48.1 Å². The van der Waals surface area contributed by atoms with Gasteiger partial charge < -0.3 is 19.7 Å². The normalized spacial score (nSPS) is 28.1. The third-order valence-electron chi connectivity index (χ3n) is 4.51. The zero-order chi connectivity index (χ0) is 18.4. The molecule has 0 saturated carbocycles. The predicted octanol–water partition coefficient (Wildman–Crippen LogP) is 1.59. The van der Waals surface area contributed by atoms with Crippen molar-refractivity contribution in [1.82, 2.24) is 0 Å². The summed E-state index contributed by atoms with van der Waals surface area (Å²) in [5.41, 5.74) is 2.17. The van der Waals surface area contributed by atoms with E-state index in [4.69, 9.17) is 14.6 Å². The highest BCUT2D eigenvalue weighted by molar-refractivity contribution is 5.91. The first-order valence-corrected chi connectivity index (χ1v) is 8.28. The second-order valence-electron chi connectivity index (χ2n) is 6.27. The standard InChI is InChI=1S/C19H24O6/c1-12(9-20)18(22)24-11-14-4-3-5-15(10-21)8-17-16(7-6-14)13(2)19(23)25-17/h5-6,16-17,20-21H,1-4,7-11H2/b14-6-,15-5+/t16-,17-/m0/s1. The largest absolute Gasteiger partial charge is 0.458 e. The van der Waals surface area contributed by atoms with E-state index in [1.807, 2.05) is 12.2 Å². The third-order valence-corrected chi connectivity index (χ3v) is 4.51. The van der Waals surface area contributed by atoms with Crippen LogP contribution < -0.4 is 0 Å². The zero-order valence-electron chi connectivity index (χ0n) is 14.2. The Kier molecular flexibility index (Phi) is 6.73. The van der Waals surface area contributed by atoms with Gasteiger partial charge in [0, 0.05) is 17.9 Å². The maximum absolute atomic E-state index is 11.8. The lowest BCUT2D eigenvalue weighted by atomic mass is 9.87. The topological polar surface area (TPSA) is 93.1 Å². The van der Waals surface area contributed by atoms with Gasteiger partial charge in [-0.15, -0.1) is 0 Å². The van der Waals surface area contributed by atoms with Gasteiger partial charge in [-0.2, -0.15) is 0 Å². The van der Waals surface area contributed by atoms with Gasteiger partial charge in [0.15, 0.2) is 0 Å². The van der Waals surface area contributed by atoms with Crippen molar-refractivity contribution in [2.75, 3.05) is 19.8 Å². The smallest absolute Gasteiger partial charge is 0.336 e. The molecule has 0 amide bonds. The van der Waals surface area contributed by atoms with E-state index in [1.165, 1.54) is 0 Å². The van der Waals surface area contributed by atoms with Crippen molar-refractivity contribution >= 4 is 11.9 Å². The molecule has 0 bridgehead atoms. The summed E-state index contributed by atoms with van der Waals surface area (Å²) in [4.78, 5) is 23.4. The van der Waals surface area contributed by atoms with Gasteiger partial charge in [0.1, 0.15) is 12.7 Å². The van der Waals surface area contributed by atoms with Crippen LogP contribution in [0.15, 0.2) is 47.6 Å². The van der Waals surface area contributed by atoms with Crippen LogP contribution in [0, 0.1) is 5.92 Å². The molecule has 6 nitrogen and oxygen atoms in total. The van der Waals surface area contributed by atoms with E-state index in [9.17, 15) is 14.7 Å². The second kappa shape index (κ2) is 8.78. The average molecular weight is 348 g/mol. The van der Waals surface area contributed by atoms with Gasteiger partial charge in [0.2, 0.25) is 0 Å². The molecule has 1 fully saturated rings. The van der Waals surface area contributed by atoms with Crippen LogP contribution in [0.4, 0.5) is 0 Å². The number of carbonyl (C=O) groups is 2. The summed E-state index contributed by atoms with van der Waals surface area (Å²) in [6.07, 6.45) is 5.97. The first-order valence-electron chi connectivity index (χ1n) is 8.28. The third kappa shape index (κ3) is 4.90. The quantitative estimate of drug-likeness (QED) is 0.445. The van der Waals surface area contributed by atoms with Crippen LogP contribution in [0.1, 0.15) is 25.7 Å². The molecular weight excluding hydrogens is 324 g/mol. The molecule has 0 unspecified atom stereocenters. The van der Waals surface area contributed by atoms with Crippen molar-refractivity contribution in [1.29, 1.82) is 0 Å². The molecule has 2 N–H and O–H groups in total. The molecule has 0 aromatic heterocycles. The molecule has 0 radical (unpaired) electrons. The average Bonchev–Trinajstić information content (AvgIpc) is 2.88. The molecule has 6 heteroatoms. The number of rotatable bonds is 5. The zero-order valence-corrected chi connectivity index (χ0v) is 14.2. The summed E-state index contributed by atoms with van der Waals surface area (Å²) >= 11 is 0. The van der Waals surface area contributed by atoms with E-state index >= 15 is 0 Å². The molecule has 2 rings (SSSR count). The highest BCUT2D eigenvalue weighted by atomic mass is 16.6. The maximum atomic E-state index is 11.8. The second-order valence-corrected chi connectivity index (χ2v) is 6.27. The first kappa shape index (κ1) is 19.1. The number of allylic oxidation sites excluding steroid dienone is 2. The molecular formula is C19H24O6. The number of aliphatic hydroxyl groups is 2. The Morgan fingerprint density at radius 1 is 1.32 bits per heavy atom. The lowest BCUT2D eigenvalue weighted by molar-refractivity contribution is -0.139. The number of aliphatic hydroxyl groups excluding tert-OH is 2. The fourth-order valence-corrected chi connectivity index (χ4v) is 2.93. The lowest BCUT2D eigenvalue weighted by Gasteiger charge is -2.19. The van der Waals surface area contributed by atoms with Crippen molar-refractivity contribution in [3.05, 3.63) is 47.6 Å². The minimum Gasteiger partial charge on any atom is -0.458 e. The van der Waals surface area contributed by atoms with E-state index in [0.717, 1.165) is 11.1 Å². The number of hydrogen-bond donors (Lipinski definition) is 2. The summed E-state index contributed by atoms with van der Waals surface area (Å²) in [5, 5.41) is 18.4. The summed E-state index contributed by atoms with van der Waals surface area (Å²) in [6, 6.07) is 0. The highest BCUT2D eigenvalue weighted by Crippen LogP contribution is 2.34. The van der Waals surface area contributed by atoms with Crippen molar-refractivity contribution in [3.63, 3.8) is 0 Å². The van der Waals surface area contributed by atoms with Gasteiger partial charge in [-0.3, -0.25) is 0 Å². The molecule has 2 atom stereocenters. The van der Waals surface area contributed by atoms with E-state index in [1.54, 1.807) is 0 Å². The minimum atomic E-state index is -0.631. The number of carbonyl (C=O) groups excluding carboxylic acids is 2. The van der Waals surface area contributed by atoms with Crippen molar-refractivity contribution < 1.29 is 29.3 Å². The van der Waals surface area contributed by atoms with E-state index < -0.39 is 18.5 Å². The summed E-state index contributed by atoms with van der Waals surface area (Å²) in [7, 11) is 0. The Hall–Kier alpha value is -2.18. The first-order chi connectivity index (χ1) is 12.0. The number of ether oxygens (including phenoxy) is 2. The number of hydrogen-bond acceptors (Lipinski definition) is 6. The molecule has 25 heavy (non-hydrogen) atoms. The van der Waals surface area contributed by atoms with Crippen LogP contribution in [0.3, 0.4) is 0 Å². The summed E-state index contributed by atoms with van der Waals surface area (Å²) < 4.78 is 10.5. The summed E-state index contributed by atoms with van der Waals surface area (Å²) in [6.45, 7) is 6.82. The van der Waals surface area contributed by atoms with Crippen molar-refractivity contribution in [2.45, 2.75) is 31.8 Å². The Morgan fingerprint density at radius 2 is 2.08 bits per heavy atom. The molecule has 0 aromatic rings. The molecule has 1 heterocycles. The summed E-state index contributed by atoms with van der Waals surface area (Å²) in [5.74, 6) is -1.18. The van der Waals surface area contributed by atoms with Crippen LogP contribution >= 0.6 is 0 Å². The van der Waals surface area contributed by atoms with Gasteiger partial charge in [0.25, 0.3) is 0 Å². The Bertz CT molecular complexity index is 628. The molecule has 2 aliphatic rings. The van der Waals surface area contributed by atoms with E-state index in [2.05, 4.69) is 13.2 Å². The van der Waals surface area contributed by atoms with Gasteiger partial charge in [-0.05, 0) is 30.4 Å². The molecule has 1 aliphatic carbocycles. The molecule has 0 aromatic carbocycles. The predicted molar refractivity (Wildman–Crippen MR) is 91.4 cm³/mol. The lowest BCUT2D eigenvalue weighted by Crippen LogP contribution is -2.19. The molecule has 136 valence electrons.